The first-order valence-corrected chi connectivity index (χ1v) is 49.3. The van der Waals surface area contributed by atoms with Crippen LogP contribution < -0.4 is 10.2 Å². The summed E-state index contributed by atoms with van der Waals surface area (Å²) < 4.78 is 1.13. The molecule has 1 N–H and O–H groups in total. The van der Waals surface area contributed by atoms with Gasteiger partial charge in [0.05, 0.1) is 10.8 Å². The molecule has 656 valence electrons. The van der Waals surface area contributed by atoms with E-state index in [1.807, 2.05) is 12.1 Å². The molecular weight excluding hydrogens is 1740 g/mol. The number of hydrogen-bond donors (Lipinski definition) is 1. The van der Waals surface area contributed by atoms with E-state index in [9.17, 15) is 0 Å². The lowest BCUT2D eigenvalue weighted by molar-refractivity contribution is 0.660. The molecule has 0 saturated carbocycles. The predicted octanol–water partition coefficient (Wildman–Crippen LogP) is 36.6. The van der Waals surface area contributed by atoms with Crippen LogP contribution in [-0.2, 0) is 21.7 Å². The van der Waals surface area contributed by atoms with Crippen LogP contribution in [0, 0.1) is 0 Å². The number of halogens is 1. The van der Waals surface area contributed by atoms with Crippen molar-refractivity contribution in [3.05, 3.63) is 569 Å². The fourth-order valence-corrected chi connectivity index (χ4v) is 24.9. The normalized spacial score (nSPS) is 15.1. The fraction of sp³-hybridized carbons (Fsp3) is 0.0588. The van der Waals surface area contributed by atoms with Gasteiger partial charge in [0.25, 0.3) is 0 Å². The van der Waals surface area contributed by atoms with Crippen molar-refractivity contribution in [3.63, 3.8) is 0 Å². The van der Waals surface area contributed by atoms with Crippen molar-refractivity contribution in [2.24, 2.45) is 0 Å². The van der Waals surface area contributed by atoms with Crippen molar-refractivity contribution in [1.82, 2.24) is 0 Å². The van der Waals surface area contributed by atoms with Gasteiger partial charge in [0.1, 0.15) is 0 Å². The number of nitrogens with one attached hydrogen (secondary N) is 1. The molecule has 2 atom stereocenters. The zero-order valence-electron chi connectivity index (χ0n) is 77.7. The summed E-state index contributed by atoms with van der Waals surface area (Å²) >= 11 is 3.73. The summed E-state index contributed by atoms with van der Waals surface area (Å²) in [5.74, 6) is 0. The topological polar surface area (TPSA) is 15.3 Å². The monoisotopic (exact) mass is 1830 g/mol. The van der Waals surface area contributed by atoms with Crippen LogP contribution in [0.3, 0.4) is 0 Å². The summed E-state index contributed by atoms with van der Waals surface area (Å²) in [6.07, 6.45) is 0. The maximum Gasteiger partial charge on any atom is 0.0725 e. The molecule has 139 heavy (non-hydrogen) atoms. The van der Waals surface area contributed by atoms with E-state index in [4.69, 9.17) is 0 Å². The summed E-state index contributed by atoms with van der Waals surface area (Å²) in [7, 11) is 0. The Morgan fingerprint density at radius 2 is 0.453 bits per heavy atom. The highest BCUT2D eigenvalue weighted by Gasteiger charge is 2.55. The van der Waals surface area contributed by atoms with Gasteiger partial charge in [-0.25, -0.2) is 0 Å². The molecule has 2 nitrogen and oxygen atoms in total. The minimum absolute atomic E-state index is 0.0775. The van der Waals surface area contributed by atoms with Crippen molar-refractivity contribution in [1.29, 1.82) is 0 Å². The minimum atomic E-state index is -0.420. The van der Waals surface area contributed by atoms with Crippen molar-refractivity contribution >= 4 is 65.9 Å². The molecule has 0 amide bonds. The molecule has 22 aromatic carbocycles. The Bertz CT molecular complexity index is 8510. The largest absolute Gasteiger partial charge is 0.356 e. The van der Waals surface area contributed by atoms with Gasteiger partial charge < -0.3 is 10.2 Å². The zero-order chi connectivity index (χ0) is 92.8. The summed E-state index contributed by atoms with van der Waals surface area (Å²) in [5, 5.41) is 8.67. The van der Waals surface area contributed by atoms with Gasteiger partial charge in [-0.2, -0.15) is 0 Å². The van der Waals surface area contributed by atoms with Crippen LogP contribution in [0.15, 0.2) is 502 Å². The van der Waals surface area contributed by atoms with E-state index in [2.05, 4.69) is 539 Å². The molecule has 2 spiro atoms. The predicted molar refractivity (Wildman–Crippen MR) is 587 cm³/mol. The van der Waals surface area contributed by atoms with Crippen molar-refractivity contribution in [3.8, 4) is 134 Å². The average molecular weight is 1840 g/mol. The van der Waals surface area contributed by atoms with Crippen LogP contribution in [0.2, 0.25) is 0 Å². The smallest absolute Gasteiger partial charge is 0.0725 e. The number of rotatable bonds is 11. The SMILES string of the molecule is CC1(C)c2cc(-c3cccc4c3-c3ccccc3C43c4ccccc4-c4c3ccc3ccccc43)ccc2-c2ccc(N(c3ccc(-c4ccccc4)cc3)c3ccc(-c4ccccc4)cc3)cc21.CC1(C)c2cc(Br)ccc2-c2ccc(-c3cccc4c3-c3ccccc3C43c4ccccc4-c4c3ccc3ccccc43)cc21.c1ccc(-c2ccc(Nc3ccc(-c4ccccc4)cc3)cc2)cc1. The van der Waals surface area contributed by atoms with Crippen LogP contribution in [-0.4, -0.2) is 0 Å². The first kappa shape index (κ1) is 83.1. The second kappa shape index (κ2) is 32.9. The molecule has 3 heteroatoms. The Hall–Kier alpha value is -16.6. The van der Waals surface area contributed by atoms with E-state index in [1.165, 1.54) is 222 Å². The summed E-state index contributed by atoms with van der Waals surface area (Å²) in [4.78, 5) is 2.41. The van der Waals surface area contributed by atoms with Gasteiger partial charge in [0.15, 0.2) is 0 Å². The lowest BCUT2D eigenvalue weighted by Gasteiger charge is -2.30. The minimum Gasteiger partial charge on any atom is -0.356 e. The molecule has 0 aromatic heterocycles. The Labute approximate surface area is 821 Å². The van der Waals surface area contributed by atoms with E-state index >= 15 is 0 Å². The molecular formula is C136H95BrN2. The molecule has 6 aliphatic carbocycles. The summed E-state index contributed by atoms with van der Waals surface area (Å²) in [6, 6.07) is 183. The Morgan fingerprint density at radius 3 is 0.842 bits per heavy atom. The van der Waals surface area contributed by atoms with Crippen LogP contribution in [0.25, 0.3) is 155 Å². The van der Waals surface area contributed by atoms with Gasteiger partial charge in [-0.1, -0.05) is 456 Å². The molecule has 6 aliphatic rings. The molecule has 0 radical (unpaired) electrons. The van der Waals surface area contributed by atoms with Gasteiger partial charge in [-0.15, -0.1) is 0 Å². The number of hydrogen-bond acceptors (Lipinski definition) is 2. The van der Waals surface area contributed by atoms with Crippen LogP contribution in [0.4, 0.5) is 28.4 Å². The molecule has 0 fully saturated rings. The maximum atomic E-state index is 3.73. The van der Waals surface area contributed by atoms with Gasteiger partial charge in [-0.05, 0) is 307 Å². The molecule has 28 rings (SSSR count). The molecule has 2 unspecified atom stereocenters. The van der Waals surface area contributed by atoms with E-state index in [-0.39, 0.29) is 16.2 Å². The lowest BCUT2D eigenvalue weighted by Crippen LogP contribution is -2.25. The summed E-state index contributed by atoms with van der Waals surface area (Å²) in [6.45, 7) is 9.55. The Kier molecular flexibility index (Phi) is 19.7. The third-order valence-corrected chi connectivity index (χ3v) is 31.4. The second-order valence-corrected chi connectivity index (χ2v) is 39.8. The zero-order valence-corrected chi connectivity index (χ0v) is 79.3. The molecule has 0 saturated heterocycles. The first-order chi connectivity index (χ1) is 68.4. The maximum absolute atomic E-state index is 3.73. The average Bonchev–Trinajstić information content (AvgIpc) is 1.50. The van der Waals surface area contributed by atoms with Crippen LogP contribution in [0.1, 0.15) is 94.5 Å². The standard InChI is InChI=1S/C68H47N.C44H29Br.C24H19N/c1-67(2)63-42-49(54-24-15-27-61-66(54)58-23-12-14-26-60(58)68(61)59-25-13-11-22-57(59)65-53-21-10-9-20-48(53)33-41-62(65)68)32-39-55(63)56-40-38-52(43-64(56)67)69(50-34-28-46(29-35-50)44-16-5-3-6-17-44)51-36-30-47(31-37-51)45-18-7-4-8-19-45;1-43(2)39-24-27(18-21-31(39)32-22-20-28(45)25-40(32)43)30-14-9-17-37-42(30)34-13-6-8-16-36(34)44(37)35-15-7-5-12-33(35)41-29-11-4-3-10-26(29)19-23-38(41)44;1-3-7-19(8-4-1)21-11-15-23(16-12-21)25-24-17-13-22(14-18-24)20-9-5-2-6-10-20/h3-43H,1-2H3;3-25H,1-2H3;1-18,25H. The third-order valence-electron chi connectivity index (χ3n) is 30.9. The number of fused-ring (bicyclic) bond motifs is 30. The van der Waals surface area contributed by atoms with Crippen LogP contribution in [0.5, 0.6) is 0 Å². The van der Waals surface area contributed by atoms with Crippen LogP contribution >= 0.6 is 15.9 Å². The molecule has 22 aromatic rings. The quantitative estimate of drug-likeness (QED) is 0.139. The highest BCUT2D eigenvalue weighted by Crippen LogP contribution is 2.68. The third kappa shape index (κ3) is 13.1. The Morgan fingerprint density at radius 1 is 0.180 bits per heavy atom. The first-order valence-electron chi connectivity index (χ1n) is 48.5. The van der Waals surface area contributed by atoms with Gasteiger partial charge in [0, 0.05) is 43.7 Å². The number of benzene rings is 22. The second-order valence-electron chi connectivity index (χ2n) is 38.9. The number of nitrogens with zero attached hydrogens (tertiary/aromatic N) is 1. The lowest BCUT2D eigenvalue weighted by atomic mass is 9.70. The molecule has 0 bridgehead atoms. The molecule has 0 heterocycles. The van der Waals surface area contributed by atoms with E-state index in [0.717, 1.165) is 32.9 Å². The van der Waals surface area contributed by atoms with Crippen molar-refractivity contribution < 1.29 is 0 Å². The Balaban J connectivity index is 0.000000121. The van der Waals surface area contributed by atoms with Gasteiger partial charge >= 0.3 is 0 Å². The molecule has 0 aliphatic heterocycles. The fourth-order valence-electron chi connectivity index (χ4n) is 24.5. The van der Waals surface area contributed by atoms with Gasteiger partial charge in [-0.3, -0.25) is 0 Å². The van der Waals surface area contributed by atoms with E-state index in [0.29, 0.717) is 0 Å². The van der Waals surface area contributed by atoms with Gasteiger partial charge in [0.2, 0.25) is 0 Å². The van der Waals surface area contributed by atoms with Crippen molar-refractivity contribution in [2.75, 3.05) is 10.2 Å². The summed E-state index contributed by atoms with van der Waals surface area (Å²) in [5.41, 5.74) is 51.9. The highest BCUT2D eigenvalue weighted by atomic mass is 79.9. The van der Waals surface area contributed by atoms with E-state index < -0.39 is 5.41 Å². The van der Waals surface area contributed by atoms with Crippen molar-refractivity contribution in [2.45, 2.75) is 49.4 Å². The van der Waals surface area contributed by atoms with E-state index in [1.54, 1.807) is 0 Å². The highest BCUT2D eigenvalue weighted by molar-refractivity contribution is 9.10. The number of anilines is 5.